The molecule has 0 bridgehead atoms. The molecule has 120 valence electrons. The molecule has 0 aromatic heterocycles. The van der Waals surface area contributed by atoms with Crippen LogP contribution in [0.1, 0.15) is 12.5 Å². The van der Waals surface area contributed by atoms with Crippen LogP contribution in [0.15, 0.2) is 18.2 Å². The largest absolute Gasteiger partial charge is 0.497 e. The second kappa shape index (κ2) is 8.36. The molecule has 2 rings (SSSR count). The number of ether oxygens (including phenoxy) is 2. The van der Waals surface area contributed by atoms with Crippen LogP contribution in [0.5, 0.6) is 11.5 Å². The summed E-state index contributed by atoms with van der Waals surface area (Å²) in [5.41, 5.74) is 0.750. The van der Waals surface area contributed by atoms with Crippen LogP contribution in [0.3, 0.4) is 0 Å². The molecule has 1 heterocycles. The van der Waals surface area contributed by atoms with E-state index in [-0.39, 0.29) is 18.2 Å². The van der Waals surface area contributed by atoms with Crippen molar-refractivity contribution in [2.75, 3.05) is 26.7 Å². The van der Waals surface area contributed by atoms with Crippen molar-refractivity contribution in [1.29, 1.82) is 0 Å². The van der Waals surface area contributed by atoms with Gasteiger partial charge in [0.15, 0.2) is 0 Å². The van der Waals surface area contributed by atoms with Crippen LogP contribution in [-0.4, -0.2) is 44.3 Å². The Labute approximate surface area is 129 Å². The van der Waals surface area contributed by atoms with E-state index in [4.69, 9.17) is 4.74 Å². The predicted octanol–water partition coefficient (Wildman–Crippen LogP) is 2.51. The van der Waals surface area contributed by atoms with E-state index in [0.29, 0.717) is 18.3 Å². The number of nitrogens with zero attached hydrogens (tertiary/aromatic N) is 1. The number of methoxy groups -OCH3 is 1. The maximum Gasteiger partial charge on any atom is 0.387 e. The molecular formula is C14H21ClF2N2O2. The zero-order chi connectivity index (χ0) is 14.5. The third-order valence-electron chi connectivity index (χ3n) is 3.34. The zero-order valence-corrected chi connectivity index (χ0v) is 13.0. The Morgan fingerprint density at radius 1 is 1.43 bits per heavy atom. The van der Waals surface area contributed by atoms with Crippen molar-refractivity contribution in [3.63, 3.8) is 0 Å². The van der Waals surface area contributed by atoms with Gasteiger partial charge in [-0.2, -0.15) is 8.78 Å². The minimum atomic E-state index is -2.83. The number of benzene rings is 1. The van der Waals surface area contributed by atoms with Crippen molar-refractivity contribution in [1.82, 2.24) is 10.2 Å². The molecule has 1 fully saturated rings. The molecule has 1 saturated heterocycles. The van der Waals surface area contributed by atoms with Crippen LogP contribution in [-0.2, 0) is 6.54 Å². The maximum atomic E-state index is 12.5. The second-order valence-corrected chi connectivity index (χ2v) is 4.94. The van der Waals surface area contributed by atoms with E-state index in [1.807, 2.05) is 0 Å². The standard InChI is InChI=1S/C14H20F2N2O2.ClH/c1-10-8-18(6-5-17-10)9-11-3-4-12(19-2)7-13(11)20-14(15)16;/h3-4,7,10,14,17H,5-6,8-9H2,1-2H3;1H. The van der Waals surface area contributed by atoms with E-state index in [2.05, 4.69) is 21.9 Å². The van der Waals surface area contributed by atoms with Crippen molar-refractivity contribution in [3.8, 4) is 11.5 Å². The molecular weight excluding hydrogens is 302 g/mol. The van der Waals surface area contributed by atoms with Crippen LogP contribution < -0.4 is 14.8 Å². The lowest BCUT2D eigenvalue weighted by Crippen LogP contribution is -2.48. The third kappa shape index (κ3) is 5.30. The van der Waals surface area contributed by atoms with Gasteiger partial charge in [-0.3, -0.25) is 4.90 Å². The average Bonchev–Trinajstić information content (AvgIpc) is 2.40. The van der Waals surface area contributed by atoms with Gasteiger partial charge in [-0.15, -0.1) is 12.4 Å². The van der Waals surface area contributed by atoms with Crippen molar-refractivity contribution in [2.45, 2.75) is 26.1 Å². The Bertz CT molecular complexity index is 449. The minimum absolute atomic E-state index is 0. The van der Waals surface area contributed by atoms with Gasteiger partial charge in [0, 0.05) is 43.9 Å². The fourth-order valence-electron chi connectivity index (χ4n) is 2.39. The van der Waals surface area contributed by atoms with E-state index < -0.39 is 6.61 Å². The number of hydrogen-bond donors (Lipinski definition) is 1. The second-order valence-electron chi connectivity index (χ2n) is 4.94. The van der Waals surface area contributed by atoms with Crippen LogP contribution in [0.4, 0.5) is 8.78 Å². The smallest absolute Gasteiger partial charge is 0.387 e. The summed E-state index contributed by atoms with van der Waals surface area (Å²) in [6.07, 6.45) is 0. The summed E-state index contributed by atoms with van der Waals surface area (Å²) >= 11 is 0. The Kier molecular flexibility index (Phi) is 7.14. The van der Waals surface area contributed by atoms with Crippen LogP contribution >= 0.6 is 12.4 Å². The zero-order valence-electron chi connectivity index (χ0n) is 12.1. The fraction of sp³-hybridized carbons (Fsp3) is 0.571. The summed E-state index contributed by atoms with van der Waals surface area (Å²) in [6, 6.07) is 5.46. The van der Waals surface area contributed by atoms with E-state index in [1.54, 1.807) is 12.1 Å². The first-order valence-electron chi connectivity index (χ1n) is 6.66. The molecule has 0 saturated carbocycles. The summed E-state index contributed by atoms with van der Waals surface area (Å²) in [7, 11) is 1.50. The van der Waals surface area contributed by atoms with Gasteiger partial charge in [-0.25, -0.2) is 0 Å². The molecule has 1 unspecified atom stereocenters. The van der Waals surface area contributed by atoms with Gasteiger partial charge in [0.05, 0.1) is 7.11 Å². The highest BCUT2D eigenvalue weighted by molar-refractivity contribution is 5.85. The first kappa shape index (κ1) is 17.9. The lowest BCUT2D eigenvalue weighted by molar-refractivity contribution is -0.0509. The normalized spacial score (nSPS) is 19.2. The molecule has 1 N–H and O–H groups in total. The highest BCUT2D eigenvalue weighted by Gasteiger charge is 2.18. The molecule has 1 aromatic carbocycles. The Morgan fingerprint density at radius 2 is 2.19 bits per heavy atom. The van der Waals surface area contributed by atoms with Crippen molar-refractivity contribution in [2.24, 2.45) is 0 Å². The van der Waals surface area contributed by atoms with E-state index in [9.17, 15) is 8.78 Å². The summed E-state index contributed by atoms with van der Waals surface area (Å²) in [5.74, 6) is 0.698. The van der Waals surface area contributed by atoms with E-state index in [1.165, 1.54) is 13.2 Å². The molecule has 1 aliphatic heterocycles. The maximum absolute atomic E-state index is 12.5. The van der Waals surface area contributed by atoms with Crippen LogP contribution in [0.25, 0.3) is 0 Å². The van der Waals surface area contributed by atoms with Gasteiger partial charge in [-0.05, 0) is 13.0 Å². The van der Waals surface area contributed by atoms with Crippen molar-refractivity contribution < 1.29 is 18.3 Å². The lowest BCUT2D eigenvalue weighted by Gasteiger charge is -2.32. The molecule has 1 aliphatic rings. The summed E-state index contributed by atoms with van der Waals surface area (Å²) in [4.78, 5) is 2.22. The first-order valence-corrected chi connectivity index (χ1v) is 6.66. The number of alkyl halides is 2. The molecule has 0 amide bonds. The Hall–Kier alpha value is -1.11. The van der Waals surface area contributed by atoms with Gasteiger partial charge < -0.3 is 14.8 Å². The van der Waals surface area contributed by atoms with E-state index >= 15 is 0 Å². The topological polar surface area (TPSA) is 33.7 Å². The number of rotatable bonds is 5. The minimum Gasteiger partial charge on any atom is -0.497 e. The van der Waals surface area contributed by atoms with Gasteiger partial charge in [0.1, 0.15) is 11.5 Å². The number of piperazine rings is 1. The number of halogens is 3. The van der Waals surface area contributed by atoms with Gasteiger partial charge in [0.25, 0.3) is 0 Å². The SMILES string of the molecule is COc1ccc(CN2CCNC(C)C2)c(OC(F)F)c1.Cl. The highest BCUT2D eigenvalue weighted by atomic mass is 35.5. The quantitative estimate of drug-likeness (QED) is 0.903. The average molecular weight is 323 g/mol. The molecule has 21 heavy (non-hydrogen) atoms. The van der Waals surface area contributed by atoms with E-state index in [0.717, 1.165) is 25.2 Å². The lowest BCUT2D eigenvalue weighted by atomic mass is 10.1. The molecule has 0 spiro atoms. The first-order chi connectivity index (χ1) is 9.58. The fourth-order valence-corrected chi connectivity index (χ4v) is 2.39. The molecule has 0 radical (unpaired) electrons. The van der Waals surface area contributed by atoms with Gasteiger partial charge >= 0.3 is 6.61 Å². The molecule has 0 aliphatic carbocycles. The van der Waals surface area contributed by atoms with Gasteiger partial charge in [0.2, 0.25) is 0 Å². The van der Waals surface area contributed by atoms with Crippen LogP contribution in [0.2, 0.25) is 0 Å². The highest BCUT2D eigenvalue weighted by Crippen LogP contribution is 2.27. The monoisotopic (exact) mass is 322 g/mol. The molecule has 1 aromatic rings. The summed E-state index contributed by atoms with van der Waals surface area (Å²) in [6.45, 7) is 2.56. The number of nitrogens with one attached hydrogen (secondary N) is 1. The summed E-state index contributed by atoms with van der Waals surface area (Å²) in [5, 5.41) is 3.35. The van der Waals surface area contributed by atoms with Crippen molar-refractivity contribution >= 4 is 12.4 Å². The van der Waals surface area contributed by atoms with Gasteiger partial charge in [-0.1, -0.05) is 6.07 Å². The third-order valence-corrected chi connectivity index (χ3v) is 3.34. The predicted molar refractivity (Wildman–Crippen MR) is 79.6 cm³/mol. The summed E-state index contributed by atoms with van der Waals surface area (Å²) < 4.78 is 34.6. The van der Waals surface area contributed by atoms with Crippen LogP contribution in [0, 0.1) is 0 Å². The van der Waals surface area contributed by atoms with Crippen molar-refractivity contribution in [3.05, 3.63) is 23.8 Å². The number of hydrogen-bond acceptors (Lipinski definition) is 4. The Balaban J connectivity index is 0.00000220. The molecule has 4 nitrogen and oxygen atoms in total. The Morgan fingerprint density at radius 3 is 2.81 bits per heavy atom. The molecule has 1 atom stereocenters. The molecule has 7 heteroatoms.